The van der Waals surface area contributed by atoms with E-state index in [4.69, 9.17) is 4.74 Å². The van der Waals surface area contributed by atoms with Crippen LogP contribution in [0.4, 0.5) is 0 Å². The van der Waals surface area contributed by atoms with Crippen molar-refractivity contribution in [3.8, 4) is 0 Å². The Labute approximate surface area is 119 Å². The first-order valence-electron chi connectivity index (χ1n) is 7.31. The molecule has 4 nitrogen and oxygen atoms in total. The number of benzene rings is 1. The van der Waals surface area contributed by atoms with Gasteiger partial charge < -0.3 is 9.84 Å². The zero-order chi connectivity index (χ0) is 14.1. The Morgan fingerprint density at radius 2 is 2.05 bits per heavy atom. The topological polar surface area (TPSA) is 49.8 Å². The van der Waals surface area contributed by atoms with Gasteiger partial charge in [-0.2, -0.15) is 0 Å². The van der Waals surface area contributed by atoms with E-state index in [2.05, 4.69) is 11.0 Å². The normalized spacial score (nSPS) is 27.4. The number of hydrogen-bond donors (Lipinski definition) is 1. The molecule has 0 bridgehead atoms. The molecule has 0 radical (unpaired) electrons. The van der Waals surface area contributed by atoms with Crippen molar-refractivity contribution < 1.29 is 14.6 Å². The van der Waals surface area contributed by atoms with Crippen LogP contribution < -0.4 is 0 Å². The van der Waals surface area contributed by atoms with Gasteiger partial charge in [-0.3, -0.25) is 9.69 Å². The molecule has 1 aliphatic carbocycles. The second-order valence-electron chi connectivity index (χ2n) is 5.73. The van der Waals surface area contributed by atoms with Crippen LogP contribution in [0.15, 0.2) is 24.3 Å². The first-order valence-corrected chi connectivity index (χ1v) is 7.31. The summed E-state index contributed by atoms with van der Waals surface area (Å²) in [6.07, 6.45) is 3.44. The Bertz CT molecular complexity index is 496. The number of hydrogen-bond acceptors (Lipinski definition) is 3. The number of likely N-dealkylation sites (tertiary alicyclic amines) is 1. The van der Waals surface area contributed by atoms with Crippen molar-refractivity contribution in [1.82, 2.24) is 4.90 Å². The highest BCUT2D eigenvalue weighted by molar-refractivity contribution is 5.76. The van der Waals surface area contributed by atoms with E-state index < -0.39 is 12.0 Å². The van der Waals surface area contributed by atoms with Crippen LogP contribution in [0.3, 0.4) is 0 Å². The van der Waals surface area contributed by atoms with Gasteiger partial charge in [0.1, 0.15) is 6.04 Å². The van der Waals surface area contributed by atoms with E-state index >= 15 is 0 Å². The van der Waals surface area contributed by atoms with E-state index in [0.29, 0.717) is 5.92 Å². The maximum absolute atomic E-state index is 11.8. The number of rotatable bonds is 5. The summed E-state index contributed by atoms with van der Waals surface area (Å²) in [5, 5.41) is 9.66. The summed E-state index contributed by atoms with van der Waals surface area (Å²) in [6, 6.07) is 7.46. The minimum atomic E-state index is -0.742. The minimum Gasteiger partial charge on any atom is -0.480 e. The maximum atomic E-state index is 11.8. The van der Waals surface area contributed by atoms with E-state index in [1.807, 2.05) is 18.2 Å². The van der Waals surface area contributed by atoms with Gasteiger partial charge in [0.25, 0.3) is 0 Å². The van der Waals surface area contributed by atoms with Gasteiger partial charge in [-0.1, -0.05) is 24.3 Å². The van der Waals surface area contributed by atoms with Gasteiger partial charge in [0.15, 0.2) is 0 Å². The molecule has 0 amide bonds. The molecule has 1 aromatic rings. The third-order valence-electron chi connectivity index (χ3n) is 4.46. The Morgan fingerprint density at radius 1 is 1.35 bits per heavy atom. The second kappa shape index (κ2) is 5.54. The molecule has 3 atom stereocenters. The van der Waals surface area contributed by atoms with E-state index in [1.54, 1.807) is 7.11 Å². The lowest BCUT2D eigenvalue weighted by molar-refractivity contribution is -0.143. The maximum Gasteiger partial charge on any atom is 0.325 e. The molecule has 0 aromatic heterocycles. The predicted octanol–water partition coefficient (Wildman–Crippen LogP) is 2.41. The molecule has 20 heavy (non-hydrogen) atoms. The molecule has 3 unspecified atom stereocenters. The lowest BCUT2D eigenvalue weighted by Crippen LogP contribution is -2.32. The monoisotopic (exact) mass is 275 g/mol. The number of carboxylic acid groups (broad SMARTS) is 1. The van der Waals surface area contributed by atoms with Crippen molar-refractivity contribution in [2.75, 3.05) is 20.2 Å². The molecule has 2 fully saturated rings. The second-order valence-corrected chi connectivity index (χ2v) is 5.73. The first-order chi connectivity index (χ1) is 9.72. The molecule has 1 saturated carbocycles. The van der Waals surface area contributed by atoms with Gasteiger partial charge in [-0.05, 0) is 43.5 Å². The summed E-state index contributed by atoms with van der Waals surface area (Å²) in [6.45, 7) is 1.76. The van der Waals surface area contributed by atoms with Gasteiger partial charge in [-0.25, -0.2) is 0 Å². The van der Waals surface area contributed by atoms with Crippen LogP contribution in [-0.4, -0.2) is 42.3 Å². The smallest absolute Gasteiger partial charge is 0.325 e. The van der Waals surface area contributed by atoms with Gasteiger partial charge in [-0.15, -0.1) is 0 Å². The fourth-order valence-corrected chi connectivity index (χ4v) is 3.34. The lowest BCUT2D eigenvalue weighted by atomic mass is 9.96. The van der Waals surface area contributed by atoms with Crippen molar-refractivity contribution in [2.45, 2.75) is 37.3 Å². The van der Waals surface area contributed by atoms with Gasteiger partial charge in [0, 0.05) is 13.0 Å². The first kappa shape index (κ1) is 13.6. The zero-order valence-corrected chi connectivity index (χ0v) is 11.8. The van der Waals surface area contributed by atoms with Crippen LogP contribution in [0.5, 0.6) is 0 Å². The summed E-state index contributed by atoms with van der Waals surface area (Å²) >= 11 is 0. The Balaban J connectivity index is 1.92. The molecule has 1 aromatic carbocycles. The molecule has 1 N–H and O–H groups in total. The zero-order valence-electron chi connectivity index (χ0n) is 11.8. The molecule has 1 aliphatic heterocycles. The average molecular weight is 275 g/mol. The molecule has 4 heteroatoms. The fourth-order valence-electron chi connectivity index (χ4n) is 3.34. The van der Waals surface area contributed by atoms with E-state index in [0.717, 1.165) is 43.5 Å². The minimum absolute atomic E-state index is 0.254. The molecule has 2 aliphatic rings. The highest BCUT2D eigenvalue weighted by Gasteiger charge is 2.42. The average Bonchev–Trinajstić information content (AvgIpc) is 3.05. The molecule has 3 rings (SSSR count). The van der Waals surface area contributed by atoms with Gasteiger partial charge in [0.05, 0.1) is 6.10 Å². The number of carboxylic acids is 1. The third-order valence-corrected chi connectivity index (χ3v) is 4.46. The van der Waals surface area contributed by atoms with Crippen LogP contribution >= 0.6 is 0 Å². The van der Waals surface area contributed by atoms with Crippen molar-refractivity contribution in [2.24, 2.45) is 0 Å². The standard InChI is InChI=1S/C16H21NO3/c1-20-14-10-13(14)11-6-2-3-7-12(11)15(16(18)19)17-8-4-5-9-17/h2-3,6-7,13-15H,4-5,8-10H2,1H3,(H,18,19). The number of carbonyl (C=O) groups is 1. The molecule has 0 spiro atoms. The molecular weight excluding hydrogens is 254 g/mol. The summed E-state index contributed by atoms with van der Waals surface area (Å²) in [5.74, 6) is -0.380. The molecule has 1 saturated heterocycles. The summed E-state index contributed by atoms with van der Waals surface area (Å²) in [7, 11) is 1.72. The van der Waals surface area contributed by atoms with Crippen molar-refractivity contribution in [1.29, 1.82) is 0 Å². The molecule has 1 heterocycles. The summed E-state index contributed by atoms with van der Waals surface area (Å²) in [4.78, 5) is 13.8. The van der Waals surface area contributed by atoms with Crippen molar-refractivity contribution in [3.05, 3.63) is 35.4 Å². The number of methoxy groups -OCH3 is 1. The summed E-state index contributed by atoms with van der Waals surface area (Å²) in [5.41, 5.74) is 2.10. The predicted molar refractivity (Wildman–Crippen MR) is 75.8 cm³/mol. The largest absolute Gasteiger partial charge is 0.480 e. The van der Waals surface area contributed by atoms with Crippen molar-refractivity contribution in [3.63, 3.8) is 0 Å². The van der Waals surface area contributed by atoms with Crippen LogP contribution in [0.2, 0.25) is 0 Å². The van der Waals surface area contributed by atoms with Crippen LogP contribution in [0.25, 0.3) is 0 Å². The highest BCUT2D eigenvalue weighted by Crippen LogP contribution is 2.46. The number of nitrogens with zero attached hydrogens (tertiary/aromatic N) is 1. The fraction of sp³-hybridized carbons (Fsp3) is 0.562. The third kappa shape index (κ3) is 2.45. The quantitative estimate of drug-likeness (QED) is 0.896. The molecular formula is C16H21NO3. The van der Waals surface area contributed by atoms with E-state index in [-0.39, 0.29) is 6.10 Å². The Morgan fingerprint density at radius 3 is 2.65 bits per heavy atom. The van der Waals surface area contributed by atoms with Crippen LogP contribution in [0, 0.1) is 0 Å². The van der Waals surface area contributed by atoms with Gasteiger partial charge >= 0.3 is 5.97 Å². The van der Waals surface area contributed by atoms with Crippen molar-refractivity contribution >= 4 is 5.97 Å². The van der Waals surface area contributed by atoms with E-state index in [9.17, 15) is 9.90 Å². The Kier molecular flexibility index (Phi) is 3.76. The Hall–Kier alpha value is -1.39. The van der Waals surface area contributed by atoms with Crippen LogP contribution in [-0.2, 0) is 9.53 Å². The van der Waals surface area contributed by atoms with Crippen LogP contribution in [0.1, 0.15) is 42.3 Å². The van der Waals surface area contributed by atoms with Gasteiger partial charge in [0.2, 0.25) is 0 Å². The van der Waals surface area contributed by atoms with E-state index in [1.165, 1.54) is 0 Å². The highest BCUT2D eigenvalue weighted by atomic mass is 16.5. The SMILES string of the molecule is COC1CC1c1ccccc1C(C(=O)O)N1CCCC1. The summed E-state index contributed by atoms with van der Waals surface area (Å²) < 4.78 is 5.39. The number of aliphatic carboxylic acids is 1. The molecule has 108 valence electrons. The lowest BCUT2D eigenvalue weighted by Gasteiger charge is -2.26. The number of ether oxygens (including phenoxy) is 1.